The van der Waals surface area contributed by atoms with Crippen molar-refractivity contribution in [3.63, 3.8) is 0 Å². The summed E-state index contributed by atoms with van der Waals surface area (Å²) >= 11 is 0. The van der Waals surface area contributed by atoms with Gasteiger partial charge in [0.05, 0.1) is 6.10 Å². The maximum absolute atomic E-state index is 10.5. The molecule has 0 aliphatic heterocycles. The van der Waals surface area contributed by atoms with E-state index in [2.05, 4.69) is 5.32 Å². The zero-order valence-electron chi connectivity index (χ0n) is 8.00. The van der Waals surface area contributed by atoms with Crippen LogP contribution in [0.4, 0.5) is 0 Å². The van der Waals surface area contributed by atoms with Crippen LogP contribution in [0.5, 0.6) is 0 Å². The van der Waals surface area contributed by atoms with Gasteiger partial charge in [0.25, 0.3) is 0 Å². The minimum absolute atomic E-state index is 0.0135. The van der Waals surface area contributed by atoms with Gasteiger partial charge in [-0.05, 0) is 14.0 Å². The zero-order chi connectivity index (χ0) is 9.56. The van der Waals surface area contributed by atoms with Crippen molar-refractivity contribution in [2.75, 3.05) is 26.7 Å². The highest BCUT2D eigenvalue weighted by atomic mass is 16.3. The molecule has 4 heteroatoms. The highest BCUT2D eigenvalue weighted by molar-refractivity contribution is 5.72. The van der Waals surface area contributed by atoms with Crippen molar-refractivity contribution >= 4 is 5.91 Å². The maximum Gasteiger partial charge on any atom is 0.216 e. The molecule has 72 valence electrons. The maximum atomic E-state index is 10.5. The molecule has 0 heterocycles. The van der Waals surface area contributed by atoms with Crippen LogP contribution in [0.1, 0.15) is 13.8 Å². The second-order valence-corrected chi connectivity index (χ2v) is 3.09. The summed E-state index contributed by atoms with van der Waals surface area (Å²) in [6.07, 6.45) is -0.313. The lowest BCUT2D eigenvalue weighted by molar-refractivity contribution is -0.119. The molecule has 0 rings (SSSR count). The highest BCUT2D eigenvalue weighted by Crippen LogP contribution is 1.85. The predicted octanol–water partition coefficient (Wildman–Crippen LogP) is -0.565. The largest absolute Gasteiger partial charge is 0.392 e. The van der Waals surface area contributed by atoms with Crippen LogP contribution >= 0.6 is 0 Å². The molecule has 0 radical (unpaired) electrons. The summed E-state index contributed by atoms with van der Waals surface area (Å²) in [7, 11) is 1.91. The zero-order valence-corrected chi connectivity index (χ0v) is 8.00. The molecule has 0 bridgehead atoms. The second kappa shape index (κ2) is 5.97. The fourth-order valence-corrected chi connectivity index (χ4v) is 0.965. The monoisotopic (exact) mass is 174 g/mol. The van der Waals surface area contributed by atoms with Crippen LogP contribution in [0.25, 0.3) is 0 Å². The number of amides is 1. The molecular weight excluding hydrogens is 156 g/mol. The normalized spacial score (nSPS) is 13.1. The Morgan fingerprint density at radius 3 is 2.67 bits per heavy atom. The number of nitrogens with zero attached hydrogens (tertiary/aromatic N) is 1. The molecule has 0 spiro atoms. The molecule has 1 atom stereocenters. The van der Waals surface area contributed by atoms with Gasteiger partial charge in [-0.1, -0.05) is 0 Å². The number of hydrogen-bond donors (Lipinski definition) is 2. The summed E-state index contributed by atoms with van der Waals surface area (Å²) in [6, 6.07) is 0. The third kappa shape index (κ3) is 7.50. The molecule has 0 fully saturated rings. The van der Waals surface area contributed by atoms with Gasteiger partial charge in [0.2, 0.25) is 5.91 Å². The van der Waals surface area contributed by atoms with Crippen molar-refractivity contribution in [1.29, 1.82) is 0 Å². The van der Waals surface area contributed by atoms with Crippen LogP contribution in [0.2, 0.25) is 0 Å². The molecule has 0 aromatic rings. The van der Waals surface area contributed by atoms with Crippen LogP contribution in [0.15, 0.2) is 0 Å². The number of rotatable bonds is 5. The van der Waals surface area contributed by atoms with E-state index < -0.39 is 0 Å². The van der Waals surface area contributed by atoms with Crippen LogP contribution < -0.4 is 5.32 Å². The molecule has 0 saturated heterocycles. The number of aliphatic hydroxyl groups excluding tert-OH is 1. The lowest BCUT2D eigenvalue weighted by Crippen LogP contribution is -2.35. The van der Waals surface area contributed by atoms with Crippen LogP contribution in [0, 0.1) is 0 Å². The average Bonchev–Trinajstić information content (AvgIpc) is 1.84. The molecule has 2 N–H and O–H groups in total. The first-order valence-electron chi connectivity index (χ1n) is 4.13. The fraction of sp³-hybridized carbons (Fsp3) is 0.875. The van der Waals surface area contributed by atoms with Crippen molar-refractivity contribution in [1.82, 2.24) is 10.2 Å². The minimum atomic E-state index is -0.313. The SMILES string of the molecule is CC(=O)NCCN(C)CC(C)O. The van der Waals surface area contributed by atoms with E-state index >= 15 is 0 Å². The quantitative estimate of drug-likeness (QED) is 0.587. The van der Waals surface area contributed by atoms with Crippen LogP contribution in [-0.4, -0.2) is 48.7 Å². The fourth-order valence-electron chi connectivity index (χ4n) is 0.965. The van der Waals surface area contributed by atoms with E-state index in [0.29, 0.717) is 13.1 Å². The van der Waals surface area contributed by atoms with E-state index in [-0.39, 0.29) is 12.0 Å². The van der Waals surface area contributed by atoms with Gasteiger partial charge in [-0.15, -0.1) is 0 Å². The number of nitrogens with one attached hydrogen (secondary N) is 1. The van der Waals surface area contributed by atoms with Crippen molar-refractivity contribution < 1.29 is 9.90 Å². The molecule has 4 nitrogen and oxygen atoms in total. The van der Waals surface area contributed by atoms with E-state index in [1.165, 1.54) is 6.92 Å². The predicted molar refractivity (Wildman–Crippen MR) is 47.9 cm³/mol. The Hall–Kier alpha value is -0.610. The van der Waals surface area contributed by atoms with E-state index in [9.17, 15) is 4.79 Å². The van der Waals surface area contributed by atoms with Gasteiger partial charge in [-0.3, -0.25) is 4.79 Å². The first-order valence-corrected chi connectivity index (χ1v) is 4.13. The van der Waals surface area contributed by atoms with E-state index in [1.54, 1.807) is 6.92 Å². The summed E-state index contributed by atoms with van der Waals surface area (Å²) in [4.78, 5) is 12.4. The summed E-state index contributed by atoms with van der Waals surface area (Å²) in [5.41, 5.74) is 0. The number of hydrogen-bond acceptors (Lipinski definition) is 3. The van der Waals surface area contributed by atoms with E-state index in [4.69, 9.17) is 5.11 Å². The second-order valence-electron chi connectivity index (χ2n) is 3.09. The molecule has 0 aromatic carbocycles. The lowest BCUT2D eigenvalue weighted by Gasteiger charge is -2.17. The standard InChI is InChI=1S/C8H18N2O2/c1-7(11)6-10(3)5-4-9-8(2)12/h7,11H,4-6H2,1-3H3,(H,9,12). The molecular formula is C8H18N2O2. The summed E-state index contributed by atoms with van der Waals surface area (Å²) < 4.78 is 0. The Kier molecular flexibility index (Phi) is 5.66. The van der Waals surface area contributed by atoms with Gasteiger partial charge >= 0.3 is 0 Å². The number of carbonyl (C=O) groups excluding carboxylic acids is 1. The first-order chi connectivity index (χ1) is 5.52. The van der Waals surface area contributed by atoms with Gasteiger partial charge in [0.15, 0.2) is 0 Å². The highest BCUT2D eigenvalue weighted by Gasteiger charge is 2.01. The Morgan fingerprint density at radius 2 is 2.25 bits per heavy atom. The Balaban J connectivity index is 3.31. The summed E-state index contributed by atoms with van der Waals surface area (Å²) in [6.45, 7) is 5.28. The van der Waals surface area contributed by atoms with Gasteiger partial charge in [0.1, 0.15) is 0 Å². The van der Waals surface area contributed by atoms with Gasteiger partial charge in [0, 0.05) is 26.6 Å². The molecule has 0 aliphatic carbocycles. The van der Waals surface area contributed by atoms with Crippen LogP contribution in [0.3, 0.4) is 0 Å². The Bertz CT molecular complexity index is 137. The third-order valence-electron chi connectivity index (χ3n) is 1.44. The Labute approximate surface area is 73.6 Å². The minimum Gasteiger partial charge on any atom is -0.392 e. The van der Waals surface area contributed by atoms with Crippen molar-refractivity contribution in [3.05, 3.63) is 0 Å². The topological polar surface area (TPSA) is 52.6 Å². The van der Waals surface area contributed by atoms with Crippen molar-refractivity contribution in [2.24, 2.45) is 0 Å². The molecule has 0 aliphatic rings. The van der Waals surface area contributed by atoms with E-state index in [0.717, 1.165) is 6.54 Å². The number of aliphatic hydroxyl groups is 1. The van der Waals surface area contributed by atoms with Gasteiger partial charge in [-0.25, -0.2) is 0 Å². The third-order valence-corrected chi connectivity index (χ3v) is 1.44. The van der Waals surface area contributed by atoms with Gasteiger partial charge in [-0.2, -0.15) is 0 Å². The van der Waals surface area contributed by atoms with Gasteiger partial charge < -0.3 is 15.3 Å². The number of carbonyl (C=O) groups is 1. The number of likely N-dealkylation sites (N-methyl/N-ethyl adjacent to an activating group) is 1. The average molecular weight is 174 g/mol. The molecule has 1 unspecified atom stereocenters. The first kappa shape index (κ1) is 11.4. The molecule has 12 heavy (non-hydrogen) atoms. The smallest absolute Gasteiger partial charge is 0.216 e. The molecule has 0 aromatic heterocycles. The molecule has 0 saturated carbocycles. The summed E-state index contributed by atoms with van der Waals surface area (Å²) in [5.74, 6) is -0.0135. The summed E-state index contributed by atoms with van der Waals surface area (Å²) in [5, 5.41) is 11.7. The Morgan fingerprint density at radius 1 is 1.67 bits per heavy atom. The lowest BCUT2D eigenvalue weighted by atomic mass is 10.4. The van der Waals surface area contributed by atoms with E-state index in [1.807, 2.05) is 11.9 Å². The molecule has 1 amide bonds. The van der Waals surface area contributed by atoms with Crippen LogP contribution in [-0.2, 0) is 4.79 Å². The van der Waals surface area contributed by atoms with Crippen molar-refractivity contribution in [2.45, 2.75) is 20.0 Å². The van der Waals surface area contributed by atoms with Crippen molar-refractivity contribution in [3.8, 4) is 0 Å².